The van der Waals surface area contributed by atoms with Crippen LogP contribution in [-0.4, -0.2) is 44.7 Å². The number of ether oxygens (including phenoxy) is 6. The van der Waals surface area contributed by atoms with Crippen LogP contribution in [0, 0.1) is 0 Å². The second-order valence-corrected chi connectivity index (χ2v) is 11.1. The molecule has 38 heavy (non-hydrogen) atoms. The first-order valence-electron chi connectivity index (χ1n) is 11.2. The van der Waals surface area contributed by atoms with Gasteiger partial charge in [-0.05, 0) is 42.0 Å². The van der Waals surface area contributed by atoms with Gasteiger partial charge >= 0.3 is 6.16 Å². The summed E-state index contributed by atoms with van der Waals surface area (Å²) < 4.78 is 60.9. The molecule has 13 heteroatoms. The third kappa shape index (κ3) is 4.09. The van der Waals surface area contributed by atoms with Crippen molar-refractivity contribution in [2.75, 3.05) is 20.7 Å². The first-order valence-corrected chi connectivity index (χ1v) is 13.4. The molecule has 0 spiro atoms. The third-order valence-corrected chi connectivity index (χ3v) is 8.79. The maximum Gasteiger partial charge on any atom is 0.512 e. The number of thioether (sulfide) groups is 1. The lowest BCUT2D eigenvalue weighted by Crippen LogP contribution is -2.36. The van der Waals surface area contributed by atoms with Crippen molar-refractivity contribution >= 4 is 32.8 Å². The van der Waals surface area contributed by atoms with Crippen molar-refractivity contribution < 1.29 is 46.7 Å². The Morgan fingerprint density at radius 3 is 2.58 bits per heavy atom. The molecule has 196 valence electrons. The number of fused-ring (bicyclic) bond motifs is 3. The van der Waals surface area contributed by atoms with Crippen LogP contribution in [-0.2, 0) is 21.3 Å². The van der Waals surface area contributed by atoms with Crippen LogP contribution in [0.5, 0.6) is 28.7 Å². The van der Waals surface area contributed by atoms with E-state index in [-0.39, 0.29) is 30.9 Å². The highest BCUT2D eigenvalue weighted by Crippen LogP contribution is 2.48. The molecule has 0 fully saturated rings. The summed E-state index contributed by atoms with van der Waals surface area (Å²) in [5.41, 5.74) is 0.777. The minimum Gasteiger partial charge on any atom is -0.493 e. The summed E-state index contributed by atoms with van der Waals surface area (Å²) in [5, 5.41) is 9.61. The van der Waals surface area contributed by atoms with Gasteiger partial charge in [0.05, 0.1) is 23.5 Å². The zero-order valence-electron chi connectivity index (χ0n) is 19.7. The van der Waals surface area contributed by atoms with E-state index in [1.807, 2.05) is 0 Å². The van der Waals surface area contributed by atoms with E-state index in [9.17, 15) is 18.3 Å². The molecule has 0 aliphatic carbocycles. The van der Waals surface area contributed by atoms with E-state index in [2.05, 4.69) is 0 Å². The van der Waals surface area contributed by atoms with Gasteiger partial charge in [0.25, 0.3) is 10.0 Å². The van der Waals surface area contributed by atoms with E-state index in [0.717, 1.165) is 16.1 Å². The summed E-state index contributed by atoms with van der Waals surface area (Å²) in [6, 6.07) is 14.8. The summed E-state index contributed by atoms with van der Waals surface area (Å²) >= 11 is 1.15. The summed E-state index contributed by atoms with van der Waals surface area (Å²) in [6.45, 7) is -0.182. The zero-order valence-corrected chi connectivity index (χ0v) is 21.3. The fourth-order valence-corrected chi connectivity index (χ4v) is 7.06. The van der Waals surface area contributed by atoms with Crippen molar-refractivity contribution in [2.24, 2.45) is 0 Å². The summed E-state index contributed by atoms with van der Waals surface area (Å²) in [7, 11) is -2.78. The second-order valence-electron chi connectivity index (χ2n) is 8.16. The number of hydrogen-bond acceptors (Lipinski definition) is 10. The molecule has 0 saturated carbocycles. The number of hydrogen-bond donors (Lipinski definition) is 1. The van der Waals surface area contributed by atoms with Crippen LogP contribution >= 0.6 is 11.8 Å². The van der Waals surface area contributed by atoms with Crippen LogP contribution in [0.3, 0.4) is 0 Å². The van der Waals surface area contributed by atoms with Gasteiger partial charge < -0.3 is 33.5 Å². The Hall–Kier alpha value is -4.23. The molecule has 3 aromatic rings. The lowest BCUT2D eigenvalue weighted by molar-refractivity contribution is 0.101. The molecule has 0 saturated heterocycles. The number of methoxy groups -OCH3 is 1. The van der Waals surface area contributed by atoms with Crippen molar-refractivity contribution in [3.05, 3.63) is 71.6 Å². The fraction of sp³-hybridized carbons (Fsp3) is 0.160. The minimum atomic E-state index is -4.23. The molecular formula is C25H19NO10S2. The molecule has 0 bridgehead atoms. The number of carbonyl (C=O) groups is 1. The molecule has 0 unspecified atom stereocenters. The van der Waals surface area contributed by atoms with E-state index < -0.39 is 16.2 Å². The number of nitrogens with zero attached hydrogens (tertiary/aromatic N) is 1. The highest BCUT2D eigenvalue weighted by atomic mass is 32.2. The number of sulfonamides is 1. The highest BCUT2D eigenvalue weighted by molar-refractivity contribution is 8.08. The molecule has 0 radical (unpaired) electrons. The zero-order chi connectivity index (χ0) is 26.4. The predicted molar refractivity (Wildman–Crippen MR) is 133 cm³/mol. The van der Waals surface area contributed by atoms with E-state index in [1.165, 1.54) is 13.2 Å². The lowest BCUT2D eigenvalue weighted by atomic mass is 10.1. The Labute approximate surface area is 221 Å². The van der Waals surface area contributed by atoms with Crippen LogP contribution in [0.1, 0.15) is 11.1 Å². The van der Waals surface area contributed by atoms with Crippen LogP contribution in [0.4, 0.5) is 4.79 Å². The Morgan fingerprint density at radius 2 is 1.76 bits per heavy atom. The Bertz CT molecular complexity index is 1600. The fourth-order valence-electron chi connectivity index (χ4n) is 4.27. The van der Waals surface area contributed by atoms with Crippen molar-refractivity contribution in [1.29, 1.82) is 0 Å². The molecule has 1 N–H and O–H groups in total. The summed E-state index contributed by atoms with van der Waals surface area (Å²) in [5.74, 6) is 1.89. The number of carboxylic acid groups (broad SMARTS) is 1. The van der Waals surface area contributed by atoms with Crippen molar-refractivity contribution in [1.82, 2.24) is 4.31 Å². The van der Waals surface area contributed by atoms with Gasteiger partial charge in [0.1, 0.15) is 0 Å². The van der Waals surface area contributed by atoms with Crippen molar-refractivity contribution in [3.8, 4) is 28.7 Å². The first-order chi connectivity index (χ1) is 18.3. The van der Waals surface area contributed by atoms with Crippen molar-refractivity contribution in [3.63, 3.8) is 0 Å². The lowest BCUT2D eigenvalue weighted by Gasteiger charge is -2.32. The van der Waals surface area contributed by atoms with Gasteiger partial charge in [0.15, 0.2) is 23.0 Å². The highest BCUT2D eigenvalue weighted by Gasteiger charge is 2.40. The quantitative estimate of drug-likeness (QED) is 0.431. The molecule has 3 aliphatic rings. The molecule has 11 nitrogen and oxygen atoms in total. The monoisotopic (exact) mass is 557 g/mol. The Kier molecular flexibility index (Phi) is 5.88. The van der Waals surface area contributed by atoms with Gasteiger partial charge in [-0.3, -0.25) is 0 Å². The SMILES string of the molecule is COc1cc(CN2C(OC(=O)O)=C(Sc3ccc4c(c3)OCO4)c3ccccc3S2(=O)=O)cc2c1OCO2. The maximum atomic E-state index is 13.8. The van der Waals surface area contributed by atoms with E-state index in [0.29, 0.717) is 49.7 Å². The summed E-state index contributed by atoms with van der Waals surface area (Å²) in [6.07, 6.45) is -1.66. The molecule has 3 aliphatic heterocycles. The normalized spacial score (nSPS) is 16.3. The molecule has 0 atom stereocenters. The van der Waals surface area contributed by atoms with E-state index >= 15 is 0 Å². The smallest absolute Gasteiger partial charge is 0.493 e. The molecular weight excluding hydrogens is 538 g/mol. The second kappa shape index (κ2) is 9.26. The topological polar surface area (TPSA) is 130 Å². The largest absolute Gasteiger partial charge is 0.512 e. The molecule has 0 amide bonds. The Morgan fingerprint density at radius 1 is 1.00 bits per heavy atom. The van der Waals surface area contributed by atoms with E-state index in [4.69, 9.17) is 28.4 Å². The number of rotatable bonds is 6. The van der Waals surface area contributed by atoms with Gasteiger partial charge in [0, 0.05) is 10.5 Å². The van der Waals surface area contributed by atoms with Crippen LogP contribution in [0.25, 0.3) is 4.91 Å². The standard InChI is InChI=1S/C25H19NO10S2/c1-31-19-8-14(9-20-22(19)35-13-34-20)11-26-24(36-25(27)28)23(16-4-2-3-5-21(16)38(26,29)30)37-15-6-7-17-18(10-15)33-12-32-17/h2-10H,11-13H2,1H3,(H,27,28). The molecule has 0 aromatic heterocycles. The Balaban J connectivity index is 1.49. The van der Waals surface area contributed by atoms with Crippen LogP contribution in [0.2, 0.25) is 0 Å². The molecule has 3 aromatic carbocycles. The summed E-state index contributed by atoms with van der Waals surface area (Å²) in [4.78, 5) is 12.8. The minimum absolute atomic E-state index is 0.00582. The third-order valence-electron chi connectivity index (χ3n) is 5.91. The predicted octanol–water partition coefficient (Wildman–Crippen LogP) is 4.47. The van der Waals surface area contributed by atoms with E-state index in [1.54, 1.807) is 48.5 Å². The average molecular weight is 558 g/mol. The van der Waals surface area contributed by atoms with Gasteiger partial charge in [0.2, 0.25) is 25.2 Å². The molecule has 6 rings (SSSR count). The van der Waals surface area contributed by atoms with Crippen molar-refractivity contribution in [2.45, 2.75) is 16.3 Å². The number of benzene rings is 3. The first kappa shape index (κ1) is 24.1. The van der Waals surface area contributed by atoms with Gasteiger partial charge in [-0.1, -0.05) is 30.0 Å². The van der Waals surface area contributed by atoms with Gasteiger partial charge in [-0.25, -0.2) is 17.5 Å². The maximum absolute atomic E-state index is 13.8. The van der Waals surface area contributed by atoms with Crippen LogP contribution < -0.4 is 23.7 Å². The van der Waals surface area contributed by atoms with Gasteiger partial charge in [-0.15, -0.1) is 0 Å². The van der Waals surface area contributed by atoms with Gasteiger partial charge in [-0.2, -0.15) is 0 Å². The van der Waals surface area contributed by atoms with Crippen LogP contribution in [0.15, 0.2) is 70.3 Å². The average Bonchev–Trinajstić information content (AvgIpc) is 3.57. The molecule has 3 heterocycles.